The van der Waals surface area contributed by atoms with Crippen molar-refractivity contribution in [3.05, 3.63) is 78.0 Å². The fourth-order valence-electron chi connectivity index (χ4n) is 2.45. The largest absolute Gasteiger partial charge is 0.346 e. The van der Waals surface area contributed by atoms with Crippen LogP contribution in [0.3, 0.4) is 0 Å². The van der Waals surface area contributed by atoms with Crippen LogP contribution in [-0.4, -0.2) is 30.6 Å². The Kier molecular flexibility index (Phi) is 4.48. The Balaban J connectivity index is 1.48. The Morgan fingerprint density at radius 1 is 1.15 bits per heavy atom. The number of pyridine rings is 1. The fourth-order valence-corrected chi connectivity index (χ4v) is 3.26. The summed E-state index contributed by atoms with van der Waals surface area (Å²) in [5.41, 5.74) is 2.24. The molecule has 0 atom stereocenters. The lowest BCUT2D eigenvalue weighted by Crippen LogP contribution is -2.24. The predicted octanol–water partition coefficient (Wildman–Crippen LogP) is 2.72. The van der Waals surface area contributed by atoms with Crippen molar-refractivity contribution < 1.29 is 4.79 Å². The van der Waals surface area contributed by atoms with Crippen molar-refractivity contribution in [3.63, 3.8) is 0 Å². The van der Waals surface area contributed by atoms with Crippen LogP contribution in [0.5, 0.6) is 0 Å². The molecule has 0 fully saturated rings. The minimum Gasteiger partial charge on any atom is -0.346 e. The molecule has 0 aliphatic rings. The van der Waals surface area contributed by atoms with E-state index in [9.17, 15) is 4.79 Å². The van der Waals surface area contributed by atoms with E-state index in [-0.39, 0.29) is 5.91 Å². The number of rotatable bonds is 5. The number of carbonyl (C=O) groups excluding carboxylic acids is 1. The van der Waals surface area contributed by atoms with Crippen LogP contribution < -0.4 is 5.32 Å². The summed E-state index contributed by atoms with van der Waals surface area (Å²) in [7, 11) is 0. The number of carbonyl (C=O) groups is 1. The second kappa shape index (κ2) is 7.24. The summed E-state index contributed by atoms with van der Waals surface area (Å²) < 4.78 is 1.57. The summed E-state index contributed by atoms with van der Waals surface area (Å²) in [6.07, 6.45) is 4.69. The summed E-state index contributed by atoms with van der Waals surface area (Å²) in [6, 6.07) is 13.5. The van der Waals surface area contributed by atoms with Crippen LogP contribution in [0, 0.1) is 0 Å². The fraction of sp³-hybridized carbons (Fsp3) is 0.0556. The summed E-state index contributed by atoms with van der Waals surface area (Å²) in [5, 5.41) is 9.56. The van der Waals surface area contributed by atoms with Crippen LogP contribution in [0.25, 0.3) is 16.4 Å². The number of nitrogens with one attached hydrogen (secondary N) is 1. The monoisotopic (exact) mass is 362 g/mol. The standard InChI is InChI=1S/C18H14N6OS/c25-17(15-10-26-18(23-15)13-5-2-1-3-6-13)21-9-14-7-4-8-20-16(14)24-12-19-11-22-24/h1-8,10-12H,9H2,(H,21,25). The van der Waals surface area contributed by atoms with Gasteiger partial charge in [-0.25, -0.2) is 19.6 Å². The molecule has 1 amide bonds. The van der Waals surface area contributed by atoms with Gasteiger partial charge in [0.1, 0.15) is 23.4 Å². The molecule has 4 rings (SSSR count). The number of amides is 1. The van der Waals surface area contributed by atoms with Gasteiger partial charge in [0.15, 0.2) is 5.82 Å². The highest BCUT2D eigenvalue weighted by atomic mass is 32.1. The van der Waals surface area contributed by atoms with E-state index in [1.54, 1.807) is 22.6 Å². The third kappa shape index (κ3) is 3.35. The van der Waals surface area contributed by atoms with Gasteiger partial charge in [-0.15, -0.1) is 11.3 Å². The van der Waals surface area contributed by atoms with Crippen LogP contribution in [-0.2, 0) is 6.54 Å². The Bertz CT molecular complexity index is 1010. The van der Waals surface area contributed by atoms with Crippen molar-refractivity contribution in [2.45, 2.75) is 6.54 Å². The zero-order chi connectivity index (χ0) is 17.8. The smallest absolute Gasteiger partial charge is 0.271 e. The Labute approximate surface area is 153 Å². The molecule has 3 heterocycles. The molecule has 0 aliphatic heterocycles. The van der Waals surface area contributed by atoms with Gasteiger partial charge in [0.25, 0.3) is 5.91 Å². The molecule has 1 N–H and O–H groups in total. The molecule has 0 spiro atoms. The highest BCUT2D eigenvalue weighted by Crippen LogP contribution is 2.23. The normalized spacial score (nSPS) is 10.6. The lowest BCUT2D eigenvalue weighted by atomic mass is 10.2. The van der Waals surface area contributed by atoms with Gasteiger partial charge in [-0.2, -0.15) is 5.10 Å². The number of nitrogens with zero attached hydrogens (tertiary/aromatic N) is 5. The summed E-state index contributed by atoms with van der Waals surface area (Å²) >= 11 is 1.45. The molecular weight excluding hydrogens is 348 g/mol. The first-order valence-corrected chi connectivity index (χ1v) is 8.77. The van der Waals surface area contributed by atoms with Crippen molar-refractivity contribution in [2.24, 2.45) is 0 Å². The van der Waals surface area contributed by atoms with Crippen LogP contribution >= 0.6 is 11.3 Å². The minimum atomic E-state index is -0.225. The maximum atomic E-state index is 12.4. The van der Waals surface area contributed by atoms with Gasteiger partial charge >= 0.3 is 0 Å². The van der Waals surface area contributed by atoms with Gasteiger partial charge in [-0.05, 0) is 6.07 Å². The Morgan fingerprint density at radius 3 is 2.85 bits per heavy atom. The molecule has 8 heteroatoms. The first kappa shape index (κ1) is 16.1. The SMILES string of the molecule is O=C(NCc1cccnc1-n1cncn1)c1csc(-c2ccccc2)n1. The van der Waals surface area contributed by atoms with E-state index in [1.807, 2.05) is 42.5 Å². The molecule has 3 aromatic heterocycles. The number of thiazole rings is 1. The average Bonchev–Trinajstić information content (AvgIpc) is 3.39. The van der Waals surface area contributed by atoms with Crippen molar-refractivity contribution in [2.75, 3.05) is 0 Å². The topological polar surface area (TPSA) is 85.6 Å². The molecule has 1 aromatic carbocycles. The zero-order valence-corrected chi connectivity index (χ0v) is 14.4. The van der Waals surface area contributed by atoms with Crippen molar-refractivity contribution in [1.82, 2.24) is 30.0 Å². The maximum absolute atomic E-state index is 12.4. The summed E-state index contributed by atoms with van der Waals surface area (Å²) in [5.74, 6) is 0.408. The molecule has 26 heavy (non-hydrogen) atoms. The average molecular weight is 362 g/mol. The zero-order valence-electron chi connectivity index (χ0n) is 13.6. The van der Waals surface area contributed by atoms with Gasteiger partial charge in [0, 0.05) is 29.2 Å². The summed E-state index contributed by atoms with van der Waals surface area (Å²) in [6.45, 7) is 0.320. The minimum absolute atomic E-state index is 0.225. The van der Waals surface area contributed by atoms with Crippen LogP contribution in [0.4, 0.5) is 0 Å². The van der Waals surface area contributed by atoms with Gasteiger partial charge < -0.3 is 5.32 Å². The highest BCUT2D eigenvalue weighted by molar-refractivity contribution is 7.13. The predicted molar refractivity (Wildman–Crippen MR) is 97.9 cm³/mol. The van der Waals surface area contributed by atoms with Gasteiger partial charge in [-0.3, -0.25) is 4.79 Å². The van der Waals surface area contributed by atoms with E-state index in [4.69, 9.17) is 0 Å². The van der Waals surface area contributed by atoms with Crippen LogP contribution in [0.15, 0.2) is 66.7 Å². The van der Waals surface area contributed by atoms with Crippen LogP contribution in [0.1, 0.15) is 16.1 Å². The van der Waals surface area contributed by atoms with E-state index in [2.05, 4.69) is 25.4 Å². The van der Waals surface area contributed by atoms with Crippen molar-refractivity contribution in [1.29, 1.82) is 0 Å². The molecular formula is C18H14N6OS. The molecule has 0 saturated heterocycles. The van der Waals surface area contributed by atoms with Gasteiger partial charge in [0.2, 0.25) is 0 Å². The van der Waals surface area contributed by atoms with E-state index in [0.29, 0.717) is 18.1 Å². The molecule has 4 aromatic rings. The molecule has 7 nitrogen and oxygen atoms in total. The first-order chi connectivity index (χ1) is 12.8. The number of hydrogen-bond acceptors (Lipinski definition) is 6. The lowest BCUT2D eigenvalue weighted by molar-refractivity contribution is 0.0946. The second-order valence-corrected chi connectivity index (χ2v) is 6.27. The van der Waals surface area contributed by atoms with Gasteiger partial charge in [-0.1, -0.05) is 36.4 Å². The second-order valence-electron chi connectivity index (χ2n) is 5.41. The van der Waals surface area contributed by atoms with E-state index in [0.717, 1.165) is 16.1 Å². The first-order valence-electron chi connectivity index (χ1n) is 7.89. The lowest BCUT2D eigenvalue weighted by Gasteiger charge is -2.08. The molecule has 0 radical (unpaired) electrons. The Morgan fingerprint density at radius 2 is 2.04 bits per heavy atom. The third-order valence-corrected chi connectivity index (χ3v) is 4.59. The third-order valence-electron chi connectivity index (χ3n) is 3.70. The van der Waals surface area contributed by atoms with Crippen LogP contribution in [0.2, 0.25) is 0 Å². The maximum Gasteiger partial charge on any atom is 0.271 e. The summed E-state index contributed by atoms with van der Waals surface area (Å²) in [4.78, 5) is 25.1. The quantitative estimate of drug-likeness (QED) is 0.590. The molecule has 128 valence electrons. The van der Waals surface area contributed by atoms with Crippen molar-refractivity contribution >= 4 is 17.2 Å². The highest BCUT2D eigenvalue weighted by Gasteiger charge is 2.13. The Hall–Kier alpha value is -3.39. The van der Waals surface area contributed by atoms with E-state index in [1.165, 1.54) is 17.7 Å². The van der Waals surface area contributed by atoms with Gasteiger partial charge in [0.05, 0.1) is 0 Å². The number of benzene rings is 1. The molecule has 0 saturated carbocycles. The van der Waals surface area contributed by atoms with Crippen molar-refractivity contribution in [3.8, 4) is 16.4 Å². The van der Waals surface area contributed by atoms with E-state index < -0.39 is 0 Å². The molecule has 0 unspecified atom stereocenters. The molecule has 0 aliphatic carbocycles. The van der Waals surface area contributed by atoms with E-state index >= 15 is 0 Å². The molecule has 0 bridgehead atoms. The number of hydrogen-bond donors (Lipinski definition) is 1. The number of aromatic nitrogens is 5.